The van der Waals surface area contributed by atoms with Gasteiger partial charge in [-0.25, -0.2) is 0 Å². The second kappa shape index (κ2) is 5.17. The number of nitrogens with zero attached hydrogens (tertiary/aromatic N) is 1. The molecule has 1 unspecified atom stereocenters. The summed E-state index contributed by atoms with van der Waals surface area (Å²) >= 11 is 0. The normalized spacial score (nSPS) is 13.5. The predicted molar refractivity (Wildman–Crippen MR) is 64.0 cm³/mol. The quantitative estimate of drug-likeness (QED) is 0.820. The minimum absolute atomic E-state index is 0.345. The average Bonchev–Trinajstić information content (AvgIpc) is 2.15. The van der Waals surface area contributed by atoms with Gasteiger partial charge in [-0.1, -0.05) is 26.0 Å². The Morgan fingerprint density at radius 2 is 1.93 bits per heavy atom. The molecule has 84 valence electrons. The highest BCUT2D eigenvalue weighted by Gasteiger charge is 2.12. The molecule has 0 saturated heterocycles. The van der Waals surface area contributed by atoms with Gasteiger partial charge in [0.2, 0.25) is 0 Å². The third-order valence-electron chi connectivity index (χ3n) is 2.67. The summed E-state index contributed by atoms with van der Waals surface area (Å²) in [7, 11) is 2.12. The summed E-state index contributed by atoms with van der Waals surface area (Å²) in [5.74, 6) is 1.01. The van der Waals surface area contributed by atoms with Crippen molar-refractivity contribution in [2.75, 3.05) is 13.6 Å². The standard InChI is InChI=1S/C13H21NO/c1-10(2)9-14(4)11(3)12-6-5-7-13(15)8-12/h5-8,10-11,15H,9H2,1-4H3. The van der Waals surface area contributed by atoms with E-state index in [1.807, 2.05) is 12.1 Å². The van der Waals surface area contributed by atoms with Crippen molar-refractivity contribution in [3.63, 3.8) is 0 Å². The monoisotopic (exact) mass is 207 g/mol. The lowest BCUT2D eigenvalue weighted by atomic mass is 10.1. The van der Waals surface area contributed by atoms with Crippen molar-refractivity contribution < 1.29 is 5.11 Å². The summed E-state index contributed by atoms with van der Waals surface area (Å²) in [5, 5.41) is 9.41. The highest BCUT2D eigenvalue weighted by Crippen LogP contribution is 2.22. The lowest BCUT2D eigenvalue weighted by Gasteiger charge is -2.26. The summed E-state index contributed by atoms with van der Waals surface area (Å²) in [6, 6.07) is 7.84. The molecule has 0 amide bonds. The van der Waals surface area contributed by atoms with Gasteiger partial charge in [0, 0.05) is 12.6 Å². The molecule has 0 aromatic heterocycles. The van der Waals surface area contributed by atoms with E-state index < -0.39 is 0 Å². The van der Waals surface area contributed by atoms with Gasteiger partial charge in [-0.05, 0) is 37.6 Å². The SMILES string of the molecule is CC(C)CN(C)C(C)c1cccc(O)c1. The topological polar surface area (TPSA) is 23.5 Å². The molecule has 0 aliphatic heterocycles. The smallest absolute Gasteiger partial charge is 0.115 e. The Labute approximate surface area is 92.5 Å². The maximum absolute atomic E-state index is 9.41. The van der Waals surface area contributed by atoms with Crippen LogP contribution in [0.3, 0.4) is 0 Å². The molecule has 1 N–H and O–H groups in total. The Kier molecular flexibility index (Phi) is 4.15. The van der Waals surface area contributed by atoms with Gasteiger partial charge >= 0.3 is 0 Å². The molecule has 1 aromatic rings. The maximum atomic E-state index is 9.41. The van der Waals surface area contributed by atoms with E-state index in [1.165, 1.54) is 0 Å². The molecule has 0 saturated carbocycles. The van der Waals surface area contributed by atoms with Crippen LogP contribution in [0.1, 0.15) is 32.4 Å². The van der Waals surface area contributed by atoms with Crippen molar-refractivity contribution in [2.24, 2.45) is 5.92 Å². The van der Waals surface area contributed by atoms with Crippen LogP contribution in [0.15, 0.2) is 24.3 Å². The first kappa shape index (κ1) is 12.1. The summed E-state index contributed by atoms with van der Waals surface area (Å²) in [5.41, 5.74) is 1.16. The zero-order valence-corrected chi connectivity index (χ0v) is 10.1. The van der Waals surface area contributed by atoms with Gasteiger partial charge in [-0.15, -0.1) is 0 Å². The van der Waals surface area contributed by atoms with E-state index in [0.717, 1.165) is 12.1 Å². The Morgan fingerprint density at radius 3 is 2.47 bits per heavy atom. The van der Waals surface area contributed by atoms with Crippen molar-refractivity contribution in [3.05, 3.63) is 29.8 Å². The predicted octanol–water partition coefficient (Wildman–Crippen LogP) is 3.04. The number of rotatable bonds is 4. The fourth-order valence-corrected chi connectivity index (χ4v) is 1.77. The van der Waals surface area contributed by atoms with Crippen LogP contribution in [-0.2, 0) is 0 Å². The summed E-state index contributed by atoms with van der Waals surface area (Å²) in [4.78, 5) is 2.31. The molecular formula is C13H21NO. The minimum Gasteiger partial charge on any atom is -0.508 e. The third kappa shape index (κ3) is 3.56. The van der Waals surface area contributed by atoms with Crippen molar-refractivity contribution >= 4 is 0 Å². The first-order valence-electron chi connectivity index (χ1n) is 5.50. The van der Waals surface area contributed by atoms with Crippen molar-refractivity contribution in [1.82, 2.24) is 4.90 Å². The van der Waals surface area contributed by atoms with Crippen LogP contribution in [-0.4, -0.2) is 23.6 Å². The Balaban J connectivity index is 2.71. The van der Waals surface area contributed by atoms with Crippen LogP contribution in [0.4, 0.5) is 0 Å². The zero-order chi connectivity index (χ0) is 11.4. The van der Waals surface area contributed by atoms with Crippen LogP contribution < -0.4 is 0 Å². The maximum Gasteiger partial charge on any atom is 0.115 e. The van der Waals surface area contributed by atoms with Gasteiger partial charge in [0.25, 0.3) is 0 Å². The summed E-state index contributed by atoms with van der Waals surface area (Å²) in [6.07, 6.45) is 0. The van der Waals surface area contributed by atoms with Gasteiger partial charge in [-0.2, -0.15) is 0 Å². The number of benzene rings is 1. The molecule has 0 fully saturated rings. The third-order valence-corrected chi connectivity index (χ3v) is 2.67. The van der Waals surface area contributed by atoms with E-state index in [4.69, 9.17) is 0 Å². The first-order chi connectivity index (χ1) is 7.00. The molecule has 2 nitrogen and oxygen atoms in total. The van der Waals surface area contributed by atoms with Crippen LogP contribution in [0.25, 0.3) is 0 Å². The molecule has 1 aromatic carbocycles. The van der Waals surface area contributed by atoms with Gasteiger partial charge < -0.3 is 5.11 Å². The van der Waals surface area contributed by atoms with Gasteiger partial charge in [0.05, 0.1) is 0 Å². The fraction of sp³-hybridized carbons (Fsp3) is 0.538. The van der Waals surface area contributed by atoms with E-state index in [1.54, 1.807) is 6.07 Å². The molecule has 1 rings (SSSR count). The van der Waals surface area contributed by atoms with Crippen LogP contribution >= 0.6 is 0 Å². The summed E-state index contributed by atoms with van der Waals surface area (Å²) < 4.78 is 0. The number of hydrogen-bond donors (Lipinski definition) is 1. The van der Waals surface area contributed by atoms with E-state index in [9.17, 15) is 5.11 Å². The molecule has 15 heavy (non-hydrogen) atoms. The average molecular weight is 207 g/mol. The number of aromatic hydroxyl groups is 1. The molecule has 0 radical (unpaired) electrons. The number of hydrogen-bond acceptors (Lipinski definition) is 2. The molecule has 0 bridgehead atoms. The molecule has 0 aliphatic carbocycles. The van der Waals surface area contributed by atoms with Crippen molar-refractivity contribution in [2.45, 2.75) is 26.8 Å². The lowest BCUT2D eigenvalue weighted by molar-refractivity contribution is 0.233. The van der Waals surface area contributed by atoms with Gasteiger partial charge in [0.15, 0.2) is 0 Å². The lowest BCUT2D eigenvalue weighted by Crippen LogP contribution is -2.26. The van der Waals surface area contributed by atoms with E-state index >= 15 is 0 Å². The van der Waals surface area contributed by atoms with E-state index in [0.29, 0.717) is 17.7 Å². The Bertz CT molecular complexity index is 309. The molecule has 0 heterocycles. The highest BCUT2D eigenvalue weighted by atomic mass is 16.3. The number of phenols is 1. The Hall–Kier alpha value is -1.02. The minimum atomic E-state index is 0.345. The molecular weight excluding hydrogens is 186 g/mol. The van der Waals surface area contributed by atoms with Crippen LogP contribution in [0, 0.1) is 5.92 Å². The molecule has 0 aliphatic rings. The van der Waals surface area contributed by atoms with Gasteiger partial charge in [-0.3, -0.25) is 4.90 Å². The van der Waals surface area contributed by atoms with E-state index in [2.05, 4.69) is 38.8 Å². The molecule has 0 spiro atoms. The van der Waals surface area contributed by atoms with Crippen LogP contribution in [0.2, 0.25) is 0 Å². The number of phenolic OH excluding ortho intramolecular Hbond substituents is 1. The summed E-state index contributed by atoms with van der Waals surface area (Å²) in [6.45, 7) is 7.66. The fourth-order valence-electron chi connectivity index (χ4n) is 1.77. The largest absolute Gasteiger partial charge is 0.508 e. The van der Waals surface area contributed by atoms with Crippen molar-refractivity contribution in [1.29, 1.82) is 0 Å². The molecule has 1 atom stereocenters. The van der Waals surface area contributed by atoms with Gasteiger partial charge in [0.1, 0.15) is 5.75 Å². The van der Waals surface area contributed by atoms with Crippen LogP contribution in [0.5, 0.6) is 5.75 Å². The first-order valence-corrected chi connectivity index (χ1v) is 5.50. The second-order valence-electron chi connectivity index (χ2n) is 4.60. The van der Waals surface area contributed by atoms with Crippen molar-refractivity contribution in [3.8, 4) is 5.75 Å². The second-order valence-corrected chi connectivity index (χ2v) is 4.60. The Morgan fingerprint density at radius 1 is 1.27 bits per heavy atom. The molecule has 2 heteroatoms. The highest BCUT2D eigenvalue weighted by molar-refractivity contribution is 5.29. The van der Waals surface area contributed by atoms with E-state index in [-0.39, 0.29) is 0 Å². The zero-order valence-electron chi connectivity index (χ0n) is 10.1.